The molecule has 9 atom stereocenters. The maximum atomic E-state index is 12.5. The van der Waals surface area contributed by atoms with E-state index in [1.165, 1.54) is 0 Å². The molecule has 5 N–H and O–H groups in total. The zero-order chi connectivity index (χ0) is 30.6. The predicted octanol–water partition coefficient (Wildman–Crippen LogP) is 1.70. The zero-order valence-electron chi connectivity index (χ0n) is 25.5. The first-order valence-electron chi connectivity index (χ1n) is 16.1. The molecule has 2 unspecified atom stereocenters. The van der Waals surface area contributed by atoms with Gasteiger partial charge >= 0.3 is 0 Å². The van der Waals surface area contributed by atoms with Crippen molar-refractivity contribution in [1.82, 2.24) is 9.80 Å². The van der Waals surface area contributed by atoms with Crippen molar-refractivity contribution < 1.29 is 39.8 Å². The van der Waals surface area contributed by atoms with Crippen molar-refractivity contribution in [2.45, 2.75) is 104 Å². The maximum Gasteiger partial charge on any atom is 0.174 e. The summed E-state index contributed by atoms with van der Waals surface area (Å²) in [5.74, 6) is 1.17. The molecule has 0 radical (unpaired) electrons. The summed E-state index contributed by atoms with van der Waals surface area (Å²) in [6.45, 7) is 1.70. The lowest BCUT2D eigenvalue weighted by molar-refractivity contribution is -0.204. The van der Waals surface area contributed by atoms with Crippen molar-refractivity contribution >= 4 is 18.2 Å². The lowest BCUT2D eigenvalue weighted by atomic mass is 9.49. The number of benzene rings is 2. The molecule has 4 fully saturated rings. The number of halogens is 1. The molecular weight excluding hydrogens is 600 g/mol. The first kappa shape index (κ1) is 29.8. The van der Waals surface area contributed by atoms with Gasteiger partial charge in [-0.3, -0.25) is 4.79 Å². The number of likely N-dealkylation sites (tertiary alicyclic amines) is 2. The lowest BCUT2D eigenvalue weighted by Gasteiger charge is -2.63. The molecule has 0 amide bonds. The lowest BCUT2D eigenvalue weighted by Crippen LogP contribution is -2.76. The third-order valence-electron chi connectivity index (χ3n) is 13.2. The number of carbonyl (C=O) groups excluding carboxylic acids is 1. The summed E-state index contributed by atoms with van der Waals surface area (Å²) >= 11 is 0. The molecule has 4 heterocycles. The molecule has 0 aromatic heterocycles. The number of aliphatic hydroxyl groups excluding tert-OH is 1. The van der Waals surface area contributed by atoms with Gasteiger partial charge in [-0.1, -0.05) is 12.1 Å². The van der Waals surface area contributed by atoms with Crippen LogP contribution in [-0.4, -0.2) is 110 Å². The van der Waals surface area contributed by atoms with Gasteiger partial charge in [0.1, 0.15) is 6.10 Å². The summed E-state index contributed by atoms with van der Waals surface area (Å²) in [6.07, 6.45) is 3.20. The number of piperidine rings is 2. The number of ketones is 1. The zero-order valence-corrected chi connectivity index (χ0v) is 26.3. The van der Waals surface area contributed by atoms with Crippen molar-refractivity contribution in [3.05, 3.63) is 46.5 Å². The number of aliphatic hydroxyl groups is 3. The van der Waals surface area contributed by atoms with E-state index in [4.69, 9.17) is 9.47 Å². The Labute approximate surface area is 268 Å². The van der Waals surface area contributed by atoms with Gasteiger partial charge in [0.25, 0.3) is 0 Å². The normalized spacial score (nSPS) is 42.7. The highest BCUT2D eigenvalue weighted by molar-refractivity contribution is 5.90. The Kier molecular flexibility index (Phi) is 6.13. The Morgan fingerprint density at radius 2 is 1.31 bits per heavy atom. The summed E-state index contributed by atoms with van der Waals surface area (Å²) in [7, 11) is 4.11. The van der Waals surface area contributed by atoms with Gasteiger partial charge in [-0.25, -0.2) is 0 Å². The van der Waals surface area contributed by atoms with Gasteiger partial charge < -0.3 is 44.8 Å². The Bertz CT molecular complexity index is 1640. The Balaban J connectivity index is 0.000000131. The standard InChI is InChI=1S/C17H21NO4.C17H19NO4.ClH/c2*1-18-7-6-16-13-9-2-3-10(19)14(13)22-15(16)11(20)4-5-17(16,21)12(18)8-9;/h2-3,11-12,15,19-21H,4-8H2,1H3;2-3,12,15,19,21H,4-8H2,1H3;1H/t11-,12?,15+,16+,17-;12?,15-,16-,17+;/m10./s1. The second-order valence-corrected chi connectivity index (χ2v) is 14.7. The van der Waals surface area contributed by atoms with E-state index in [1.807, 2.05) is 19.2 Å². The highest BCUT2D eigenvalue weighted by atomic mass is 35.5. The molecule has 2 saturated carbocycles. The van der Waals surface area contributed by atoms with Gasteiger partial charge in [0.2, 0.25) is 0 Å². The van der Waals surface area contributed by atoms with Crippen LogP contribution in [0.4, 0.5) is 0 Å². The van der Waals surface area contributed by atoms with Gasteiger partial charge in [0, 0.05) is 29.6 Å². The number of carbonyl (C=O) groups is 1. The van der Waals surface area contributed by atoms with E-state index in [0.29, 0.717) is 43.6 Å². The Morgan fingerprint density at radius 3 is 1.93 bits per heavy atom. The summed E-state index contributed by atoms with van der Waals surface area (Å²) < 4.78 is 12.0. The highest BCUT2D eigenvalue weighted by Crippen LogP contribution is 2.66. The number of likely N-dealkylation sites (N-methyl/N-ethyl adjacent to an activating group) is 2. The van der Waals surface area contributed by atoms with Gasteiger partial charge in [-0.05, 0) is 95.4 Å². The van der Waals surface area contributed by atoms with Crippen LogP contribution in [-0.2, 0) is 28.5 Å². The molecule has 242 valence electrons. The quantitative estimate of drug-likeness (QED) is 0.289. The molecule has 2 aromatic rings. The molecule has 4 aliphatic carbocycles. The first-order chi connectivity index (χ1) is 21.0. The largest absolute Gasteiger partial charge is 0.504 e. The van der Waals surface area contributed by atoms with Crippen molar-refractivity contribution in [2.24, 2.45) is 0 Å². The van der Waals surface area contributed by atoms with Crippen LogP contribution in [0.1, 0.15) is 60.8 Å². The smallest absolute Gasteiger partial charge is 0.174 e. The summed E-state index contributed by atoms with van der Waals surface area (Å²) in [5.41, 5.74) is 1.00. The van der Waals surface area contributed by atoms with E-state index in [2.05, 4.69) is 16.8 Å². The van der Waals surface area contributed by atoms with Crippen molar-refractivity contribution in [2.75, 3.05) is 27.2 Å². The number of hydrogen-bond donors (Lipinski definition) is 5. The average molecular weight is 641 g/mol. The topological polar surface area (TPSA) is 143 Å². The monoisotopic (exact) mass is 640 g/mol. The van der Waals surface area contributed by atoms with Crippen molar-refractivity contribution in [3.8, 4) is 23.0 Å². The fourth-order valence-electron chi connectivity index (χ4n) is 11.3. The van der Waals surface area contributed by atoms with Crippen LogP contribution in [0.2, 0.25) is 0 Å². The van der Waals surface area contributed by atoms with E-state index in [0.717, 1.165) is 54.6 Å². The van der Waals surface area contributed by atoms with Crippen molar-refractivity contribution in [3.63, 3.8) is 0 Å². The summed E-state index contributed by atoms with van der Waals surface area (Å²) in [4.78, 5) is 17.0. The third-order valence-corrected chi connectivity index (χ3v) is 13.2. The second kappa shape index (κ2) is 9.27. The molecule has 10 rings (SSSR count). The summed E-state index contributed by atoms with van der Waals surface area (Å²) in [6, 6.07) is 7.24. The van der Waals surface area contributed by atoms with E-state index in [9.17, 15) is 30.3 Å². The van der Waals surface area contributed by atoms with Gasteiger partial charge in [0.15, 0.2) is 34.9 Å². The minimum Gasteiger partial charge on any atom is -0.504 e. The molecule has 4 bridgehead atoms. The van der Waals surface area contributed by atoms with E-state index in [1.54, 1.807) is 12.1 Å². The number of ether oxygens (including phenoxy) is 2. The second-order valence-electron chi connectivity index (χ2n) is 14.7. The molecule has 2 saturated heterocycles. The minimum atomic E-state index is -0.954. The van der Waals surface area contributed by atoms with E-state index >= 15 is 0 Å². The SMILES string of the molecule is CN1CC[C@]23c4c5ccc(O)c4O[C@H]2C(=O)CC[C@@]3(O)C1C5.CN1CC[C@]23c4c5ccc(O)c4O[C@H]2[C@H](O)CC[C@@]3(O)C1C5.Cl. The van der Waals surface area contributed by atoms with Crippen LogP contribution in [0.5, 0.6) is 23.0 Å². The van der Waals surface area contributed by atoms with Crippen LogP contribution < -0.4 is 9.47 Å². The molecule has 11 heteroatoms. The molecule has 8 aliphatic rings. The summed E-state index contributed by atoms with van der Waals surface area (Å²) in [5, 5.41) is 54.3. The molecule has 4 aliphatic heterocycles. The number of phenols is 2. The Morgan fingerprint density at radius 1 is 0.778 bits per heavy atom. The molecule has 10 nitrogen and oxygen atoms in total. The Hall–Kier alpha value is -2.60. The molecule has 45 heavy (non-hydrogen) atoms. The minimum absolute atomic E-state index is 0. The van der Waals surface area contributed by atoms with Crippen molar-refractivity contribution in [1.29, 1.82) is 0 Å². The van der Waals surface area contributed by atoms with Crippen LogP contribution in [0.25, 0.3) is 0 Å². The van der Waals surface area contributed by atoms with Gasteiger partial charge in [-0.2, -0.15) is 0 Å². The number of phenolic OH excluding ortho intramolecular Hbond substituents is 2. The fourth-order valence-corrected chi connectivity index (χ4v) is 11.3. The van der Waals surface area contributed by atoms with Crippen LogP contribution in [0.3, 0.4) is 0 Å². The highest BCUT2D eigenvalue weighted by Gasteiger charge is 2.74. The van der Waals surface area contributed by atoms with Crippen LogP contribution >= 0.6 is 12.4 Å². The van der Waals surface area contributed by atoms with Crippen LogP contribution in [0, 0.1) is 0 Å². The molecule has 2 spiro atoms. The first-order valence-corrected chi connectivity index (χ1v) is 16.1. The number of hydrogen-bond acceptors (Lipinski definition) is 10. The number of Topliss-reactive ketones (excluding diaryl/α,β-unsaturated/α-hetero) is 1. The fraction of sp³-hybridized carbons (Fsp3) is 0.618. The number of nitrogens with zero attached hydrogens (tertiary/aromatic N) is 2. The maximum absolute atomic E-state index is 12.5. The number of rotatable bonds is 0. The predicted molar refractivity (Wildman–Crippen MR) is 165 cm³/mol. The van der Waals surface area contributed by atoms with Gasteiger partial charge in [-0.15, -0.1) is 12.4 Å². The van der Waals surface area contributed by atoms with E-state index < -0.39 is 40.3 Å². The molecular formula is C34H41ClN2O8. The average Bonchev–Trinajstić information content (AvgIpc) is 3.55. The third kappa shape index (κ3) is 3.21. The van der Waals surface area contributed by atoms with E-state index in [-0.39, 0.29) is 41.8 Å². The molecule has 2 aromatic carbocycles. The van der Waals surface area contributed by atoms with Crippen LogP contribution in [0.15, 0.2) is 24.3 Å². The van der Waals surface area contributed by atoms with Gasteiger partial charge in [0.05, 0.1) is 28.1 Å². The number of aromatic hydroxyl groups is 2.